The number of carbonyl (C=O) groups excluding carboxylic acids is 1. The number of H-pyrrole nitrogens is 2. The van der Waals surface area contributed by atoms with Gasteiger partial charge in [-0.2, -0.15) is 5.10 Å². The highest BCUT2D eigenvalue weighted by molar-refractivity contribution is 5.90. The molecule has 4 aromatic rings. The van der Waals surface area contributed by atoms with Gasteiger partial charge in [-0.15, -0.1) is 0 Å². The summed E-state index contributed by atoms with van der Waals surface area (Å²) in [6.45, 7) is 1.62. The van der Waals surface area contributed by atoms with Crippen LogP contribution >= 0.6 is 0 Å². The first-order valence-corrected chi connectivity index (χ1v) is 11.3. The summed E-state index contributed by atoms with van der Waals surface area (Å²) in [7, 11) is 0. The molecule has 1 unspecified atom stereocenters. The minimum absolute atomic E-state index is 0.240. The van der Waals surface area contributed by atoms with Crippen LogP contribution in [0.25, 0.3) is 17.0 Å². The van der Waals surface area contributed by atoms with Crippen LogP contribution in [0.2, 0.25) is 0 Å². The SMILES string of the molecule is O=C(/C=C/c1ccc2c(c1)CCC2N(CCc1c[nH]c2cc(F)ccc12)Cc1cn[nH]c1)NO. The van der Waals surface area contributed by atoms with E-state index in [-0.39, 0.29) is 11.9 Å². The zero-order valence-electron chi connectivity index (χ0n) is 18.6. The van der Waals surface area contributed by atoms with Gasteiger partial charge in [0.1, 0.15) is 5.82 Å². The maximum atomic E-state index is 13.6. The van der Waals surface area contributed by atoms with Gasteiger partial charge in [-0.05, 0) is 65.8 Å². The number of nitrogens with zero attached hydrogens (tertiary/aromatic N) is 2. The van der Waals surface area contributed by atoms with E-state index >= 15 is 0 Å². The van der Waals surface area contributed by atoms with Gasteiger partial charge >= 0.3 is 0 Å². The summed E-state index contributed by atoms with van der Waals surface area (Å²) in [6, 6.07) is 11.4. The number of aryl methyl sites for hydroxylation is 1. The van der Waals surface area contributed by atoms with Crippen molar-refractivity contribution in [3.63, 3.8) is 0 Å². The zero-order chi connectivity index (χ0) is 23.5. The Labute approximate surface area is 196 Å². The van der Waals surface area contributed by atoms with Crippen LogP contribution in [0.3, 0.4) is 0 Å². The molecule has 34 heavy (non-hydrogen) atoms. The van der Waals surface area contributed by atoms with Crippen LogP contribution in [-0.4, -0.2) is 37.7 Å². The van der Waals surface area contributed by atoms with Crippen molar-refractivity contribution in [2.75, 3.05) is 6.54 Å². The van der Waals surface area contributed by atoms with Gasteiger partial charge in [0.25, 0.3) is 5.91 Å². The third-order valence-electron chi connectivity index (χ3n) is 6.53. The second kappa shape index (κ2) is 9.62. The van der Waals surface area contributed by atoms with Crippen LogP contribution in [0.15, 0.2) is 61.1 Å². The summed E-state index contributed by atoms with van der Waals surface area (Å²) < 4.78 is 13.6. The maximum Gasteiger partial charge on any atom is 0.267 e. The smallest absolute Gasteiger partial charge is 0.267 e. The summed E-state index contributed by atoms with van der Waals surface area (Å²) in [5.74, 6) is -0.791. The van der Waals surface area contributed by atoms with Gasteiger partial charge in [0.2, 0.25) is 0 Å². The lowest BCUT2D eigenvalue weighted by molar-refractivity contribution is -0.124. The highest BCUT2D eigenvalue weighted by Gasteiger charge is 2.28. The van der Waals surface area contributed by atoms with E-state index in [0.717, 1.165) is 54.4 Å². The number of fused-ring (bicyclic) bond motifs is 2. The molecular formula is C26H26FN5O2. The minimum Gasteiger partial charge on any atom is -0.361 e. The van der Waals surface area contributed by atoms with E-state index < -0.39 is 5.91 Å². The van der Waals surface area contributed by atoms with Crippen molar-refractivity contribution < 1.29 is 14.4 Å². The Bertz CT molecular complexity index is 1330. The van der Waals surface area contributed by atoms with Crippen LogP contribution in [0, 0.1) is 5.82 Å². The van der Waals surface area contributed by atoms with Gasteiger partial charge in [-0.25, -0.2) is 9.87 Å². The molecule has 7 nitrogen and oxygen atoms in total. The predicted molar refractivity (Wildman–Crippen MR) is 127 cm³/mol. The first-order chi connectivity index (χ1) is 16.6. The van der Waals surface area contributed by atoms with Crippen molar-refractivity contribution in [3.8, 4) is 0 Å². The molecule has 174 valence electrons. The number of rotatable bonds is 8. The average Bonchev–Trinajstić information content (AvgIpc) is 3.59. The van der Waals surface area contributed by atoms with Gasteiger partial charge in [0.15, 0.2) is 0 Å². The number of aromatic nitrogens is 3. The molecule has 0 bridgehead atoms. The fourth-order valence-electron chi connectivity index (χ4n) is 4.88. The predicted octanol–water partition coefficient (Wildman–Crippen LogP) is 4.28. The first kappa shape index (κ1) is 22.1. The number of hydrogen-bond donors (Lipinski definition) is 4. The fourth-order valence-corrected chi connectivity index (χ4v) is 4.88. The van der Waals surface area contributed by atoms with Crippen molar-refractivity contribution in [2.45, 2.75) is 31.8 Å². The van der Waals surface area contributed by atoms with Crippen molar-refractivity contribution >= 4 is 22.9 Å². The van der Waals surface area contributed by atoms with E-state index in [4.69, 9.17) is 5.21 Å². The standard InChI is InChI=1S/C26H26FN5O2/c27-21-4-6-22-20(15-28-24(22)12-21)9-10-32(16-18-13-29-30-14-18)25-7-3-19-11-17(1-5-23(19)25)2-8-26(33)31-34/h1-2,4-6,8,11-15,25,28,34H,3,7,9-10,16H2,(H,29,30)(H,31,33)/b8-2+. The molecule has 1 atom stereocenters. The van der Waals surface area contributed by atoms with Crippen molar-refractivity contribution in [1.29, 1.82) is 0 Å². The number of nitrogens with one attached hydrogen (secondary N) is 3. The average molecular weight is 460 g/mol. The molecule has 2 aromatic heterocycles. The van der Waals surface area contributed by atoms with E-state index in [1.165, 1.54) is 34.9 Å². The molecule has 1 aliphatic rings. The summed E-state index contributed by atoms with van der Waals surface area (Å²) in [5.41, 5.74) is 8.23. The summed E-state index contributed by atoms with van der Waals surface area (Å²) in [5, 5.41) is 16.7. The third kappa shape index (κ3) is 4.64. The van der Waals surface area contributed by atoms with Crippen LogP contribution in [0.5, 0.6) is 0 Å². The molecule has 2 heterocycles. The summed E-state index contributed by atoms with van der Waals surface area (Å²) in [6.07, 6.45) is 11.6. The Balaban J connectivity index is 1.37. The van der Waals surface area contributed by atoms with Gasteiger partial charge in [-0.3, -0.25) is 20.0 Å². The first-order valence-electron chi connectivity index (χ1n) is 11.3. The molecule has 2 aromatic carbocycles. The van der Waals surface area contributed by atoms with Crippen molar-refractivity contribution in [3.05, 3.63) is 94.7 Å². The van der Waals surface area contributed by atoms with Crippen LogP contribution in [0.1, 0.15) is 40.3 Å². The minimum atomic E-state index is -0.551. The Morgan fingerprint density at radius 3 is 3.00 bits per heavy atom. The quantitative estimate of drug-likeness (QED) is 0.180. The maximum absolute atomic E-state index is 13.6. The number of hydrogen-bond acceptors (Lipinski definition) is 4. The van der Waals surface area contributed by atoms with Crippen LogP contribution in [-0.2, 0) is 24.2 Å². The van der Waals surface area contributed by atoms with Gasteiger partial charge in [0.05, 0.1) is 6.20 Å². The monoisotopic (exact) mass is 459 g/mol. The van der Waals surface area contributed by atoms with E-state index in [1.54, 1.807) is 11.6 Å². The highest BCUT2D eigenvalue weighted by atomic mass is 19.1. The molecule has 8 heteroatoms. The molecular weight excluding hydrogens is 433 g/mol. The third-order valence-corrected chi connectivity index (χ3v) is 6.53. The summed E-state index contributed by atoms with van der Waals surface area (Å²) >= 11 is 0. The molecule has 0 saturated heterocycles. The lowest BCUT2D eigenvalue weighted by atomic mass is 10.0. The number of aromatic amines is 2. The Morgan fingerprint density at radius 2 is 2.18 bits per heavy atom. The van der Waals surface area contributed by atoms with E-state index in [2.05, 4.69) is 32.2 Å². The lowest BCUT2D eigenvalue weighted by Crippen LogP contribution is -2.29. The van der Waals surface area contributed by atoms with E-state index in [0.29, 0.717) is 0 Å². The Hall–Kier alpha value is -3.75. The largest absolute Gasteiger partial charge is 0.361 e. The van der Waals surface area contributed by atoms with Gasteiger partial charge in [0, 0.05) is 54.1 Å². The molecule has 0 fully saturated rings. The lowest BCUT2D eigenvalue weighted by Gasteiger charge is -2.29. The topological polar surface area (TPSA) is 97.0 Å². The second-order valence-electron chi connectivity index (χ2n) is 8.65. The number of amides is 1. The molecule has 0 saturated carbocycles. The Kier molecular flexibility index (Phi) is 6.24. The van der Waals surface area contributed by atoms with Gasteiger partial charge < -0.3 is 4.98 Å². The molecule has 1 aliphatic carbocycles. The number of halogens is 1. The van der Waals surface area contributed by atoms with E-state index in [1.807, 2.05) is 30.7 Å². The molecule has 0 aliphatic heterocycles. The molecule has 4 N–H and O–H groups in total. The molecule has 1 amide bonds. The van der Waals surface area contributed by atoms with Crippen molar-refractivity contribution in [2.24, 2.45) is 0 Å². The summed E-state index contributed by atoms with van der Waals surface area (Å²) in [4.78, 5) is 17.0. The molecule has 0 spiro atoms. The fraction of sp³-hybridized carbons (Fsp3) is 0.231. The number of carbonyl (C=O) groups is 1. The molecule has 5 rings (SSSR count). The number of hydroxylamine groups is 1. The second-order valence-corrected chi connectivity index (χ2v) is 8.65. The van der Waals surface area contributed by atoms with E-state index in [9.17, 15) is 9.18 Å². The molecule has 0 radical (unpaired) electrons. The highest BCUT2D eigenvalue weighted by Crippen LogP contribution is 2.37. The van der Waals surface area contributed by atoms with Gasteiger partial charge in [-0.1, -0.05) is 18.2 Å². The van der Waals surface area contributed by atoms with Crippen LogP contribution in [0.4, 0.5) is 4.39 Å². The van der Waals surface area contributed by atoms with Crippen molar-refractivity contribution in [1.82, 2.24) is 25.6 Å². The normalized spacial score (nSPS) is 15.4. The number of benzene rings is 2. The van der Waals surface area contributed by atoms with Crippen LogP contribution < -0.4 is 5.48 Å². The zero-order valence-corrected chi connectivity index (χ0v) is 18.6. The Morgan fingerprint density at radius 1 is 1.26 bits per heavy atom.